The molecule has 1 aliphatic rings. The first kappa shape index (κ1) is 12.9. The van der Waals surface area contributed by atoms with Crippen LogP contribution in [0.4, 0.5) is 0 Å². The van der Waals surface area contributed by atoms with E-state index in [1.54, 1.807) is 0 Å². The lowest BCUT2D eigenvalue weighted by molar-refractivity contribution is 0.113. The van der Waals surface area contributed by atoms with E-state index in [0.29, 0.717) is 5.92 Å². The summed E-state index contributed by atoms with van der Waals surface area (Å²) in [6.45, 7) is 0. The van der Waals surface area contributed by atoms with Gasteiger partial charge < -0.3 is 5.11 Å². The molecular formula is C17H17BrO. The number of fused-ring (bicyclic) bond motifs is 1. The van der Waals surface area contributed by atoms with Crippen LogP contribution in [0.3, 0.4) is 0 Å². The Kier molecular flexibility index (Phi) is 3.72. The van der Waals surface area contributed by atoms with Gasteiger partial charge in [-0.1, -0.05) is 52.3 Å². The molecule has 0 fully saturated rings. The Morgan fingerprint density at radius 3 is 2.37 bits per heavy atom. The molecule has 0 amide bonds. The maximum atomic E-state index is 10.5. The molecule has 0 bridgehead atoms. The molecule has 19 heavy (non-hydrogen) atoms. The topological polar surface area (TPSA) is 20.2 Å². The summed E-state index contributed by atoms with van der Waals surface area (Å²) in [5.41, 5.74) is 4.00. The van der Waals surface area contributed by atoms with Crippen LogP contribution in [0.2, 0.25) is 0 Å². The van der Waals surface area contributed by atoms with E-state index in [1.807, 2.05) is 12.1 Å². The second-order valence-corrected chi connectivity index (χ2v) is 6.25. The normalized spacial score (nSPS) is 16.3. The van der Waals surface area contributed by atoms with Crippen LogP contribution in [-0.2, 0) is 19.3 Å². The van der Waals surface area contributed by atoms with E-state index >= 15 is 0 Å². The fourth-order valence-corrected chi connectivity index (χ4v) is 3.38. The van der Waals surface area contributed by atoms with Gasteiger partial charge >= 0.3 is 0 Å². The van der Waals surface area contributed by atoms with Crippen LogP contribution in [0, 0.1) is 5.92 Å². The van der Waals surface area contributed by atoms with Crippen molar-refractivity contribution in [3.8, 4) is 0 Å². The molecule has 2 aromatic rings. The van der Waals surface area contributed by atoms with Crippen LogP contribution in [0.1, 0.15) is 16.7 Å². The number of aliphatic hydroxyl groups excluding tert-OH is 1. The zero-order valence-corrected chi connectivity index (χ0v) is 12.3. The second-order valence-electron chi connectivity index (χ2n) is 5.34. The first-order valence-electron chi connectivity index (χ1n) is 6.71. The summed E-state index contributed by atoms with van der Waals surface area (Å²) in [5.74, 6) is 0.358. The van der Waals surface area contributed by atoms with Gasteiger partial charge in [0.1, 0.15) is 0 Å². The third kappa shape index (κ3) is 2.90. The summed E-state index contributed by atoms with van der Waals surface area (Å²) < 4.78 is 1.08. The highest BCUT2D eigenvalue weighted by molar-refractivity contribution is 9.10. The number of aliphatic hydroxyl groups is 1. The van der Waals surface area contributed by atoms with Crippen LogP contribution in [0.25, 0.3) is 0 Å². The van der Waals surface area contributed by atoms with Gasteiger partial charge in [0, 0.05) is 4.47 Å². The number of hydrogen-bond acceptors (Lipinski definition) is 1. The molecule has 0 saturated carbocycles. The molecule has 0 aromatic heterocycles. The highest BCUT2D eigenvalue weighted by atomic mass is 79.9. The molecule has 98 valence electrons. The van der Waals surface area contributed by atoms with Crippen molar-refractivity contribution >= 4 is 15.9 Å². The highest BCUT2D eigenvalue weighted by Crippen LogP contribution is 2.30. The molecule has 1 N–H and O–H groups in total. The molecule has 0 spiro atoms. The van der Waals surface area contributed by atoms with Gasteiger partial charge in [-0.05, 0) is 54.0 Å². The SMILES string of the molecule is OC(Cc1cccc(Br)c1)C1Cc2ccccc2C1. The molecule has 1 unspecified atom stereocenters. The standard InChI is InChI=1S/C17H17BrO/c18-16-7-3-4-12(8-16)9-17(19)15-10-13-5-1-2-6-14(13)11-15/h1-8,15,17,19H,9-11H2. The van der Waals surface area contributed by atoms with E-state index in [4.69, 9.17) is 0 Å². The van der Waals surface area contributed by atoms with Crippen molar-refractivity contribution in [2.24, 2.45) is 5.92 Å². The van der Waals surface area contributed by atoms with Gasteiger partial charge in [0.25, 0.3) is 0 Å². The second kappa shape index (κ2) is 5.48. The zero-order valence-electron chi connectivity index (χ0n) is 10.7. The summed E-state index contributed by atoms with van der Waals surface area (Å²) in [6, 6.07) is 16.7. The number of halogens is 1. The highest BCUT2D eigenvalue weighted by Gasteiger charge is 2.27. The Hall–Kier alpha value is -1.12. The van der Waals surface area contributed by atoms with Gasteiger partial charge in [-0.3, -0.25) is 0 Å². The molecule has 3 rings (SSSR count). The van der Waals surface area contributed by atoms with Gasteiger partial charge in [0.2, 0.25) is 0 Å². The van der Waals surface area contributed by atoms with Gasteiger partial charge in [-0.25, -0.2) is 0 Å². The molecule has 0 radical (unpaired) electrons. The van der Waals surface area contributed by atoms with Crippen molar-refractivity contribution in [2.45, 2.75) is 25.4 Å². The van der Waals surface area contributed by atoms with E-state index in [2.05, 4.69) is 52.3 Å². The van der Waals surface area contributed by atoms with Gasteiger partial charge in [0.15, 0.2) is 0 Å². The first-order chi connectivity index (χ1) is 9.22. The van der Waals surface area contributed by atoms with Crippen molar-refractivity contribution in [1.82, 2.24) is 0 Å². The minimum Gasteiger partial charge on any atom is -0.392 e. The average molecular weight is 317 g/mol. The Bertz CT molecular complexity index is 554. The summed E-state index contributed by atoms with van der Waals surface area (Å²) in [5, 5.41) is 10.5. The summed E-state index contributed by atoms with van der Waals surface area (Å²) in [6.07, 6.45) is 2.48. The lowest BCUT2D eigenvalue weighted by atomic mass is 9.94. The van der Waals surface area contributed by atoms with Gasteiger partial charge in [-0.2, -0.15) is 0 Å². The van der Waals surface area contributed by atoms with Crippen molar-refractivity contribution in [3.05, 3.63) is 69.7 Å². The maximum absolute atomic E-state index is 10.5. The number of rotatable bonds is 3. The third-order valence-corrected chi connectivity index (χ3v) is 4.45. The van der Waals surface area contributed by atoms with E-state index < -0.39 is 0 Å². The summed E-state index contributed by atoms with van der Waals surface area (Å²) >= 11 is 3.48. The van der Waals surface area contributed by atoms with E-state index in [-0.39, 0.29) is 6.10 Å². The van der Waals surface area contributed by atoms with Crippen molar-refractivity contribution in [3.63, 3.8) is 0 Å². The van der Waals surface area contributed by atoms with Gasteiger partial charge in [0.05, 0.1) is 6.10 Å². The van der Waals surface area contributed by atoms with Crippen LogP contribution in [-0.4, -0.2) is 11.2 Å². The third-order valence-electron chi connectivity index (χ3n) is 3.96. The number of benzene rings is 2. The van der Waals surface area contributed by atoms with Crippen molar-refractivity contribution in [2.75, 3.05) is 0 Å². The van der Waals surface area contributed by atoms with E-state index in [9.17, 15) is 5.11 Å². The molecule has 0 aliphatic heterocycles. The molecule has 2 heteroatoms. The molecule has 0 saturated heterocycles. The predicted octanol–water partition coefficient (Wildman–Crippen LogP) is 3.77. The minimum atomic E-state index is -0.262. The van der Waals surface area contributed by atoms with Crippen LogP contribution in [0.15, 0.2) is 53.0 Å². The molecular weight excluding hydrogens is 300 g/mol. The molecule has 2 aromatic carbocycles. The maximum Gasteiger partial charge on any atom is 0.0615 e. The summed E-state index contributed by atoms with van der Waals surface area (Å²) in [7, 11) is 0. The summed E-state index contributed by atoms with van der Waals surface area (Å²) in [4.78, 5) is 0. The van der Waals surface area contributed by atoms with Crippen molar-refractivity contribution in [1.29, 1.82) is 0 Å². The Balaban J connectivity index is 1.68. The smallest absolute Gasteiger partial charge is 0.0615 e. The molecule has 1 atom stereocenters. The molecule has 1 nitrogen and oxygen atoms in total. The average Bonchev–Trinajstić information content (AvgIpc) is 2.82. The lowest BCUT2D eigenvalue weighted by Crippen LogP contribution is -2.23. The van der Waals surface area contributed by atoms with Crippen LogP contribution >= 0.6 is 15.9 Å². The Labute approximate surface area is 122 Å². The van der Waals surface area contributed by atoms with E-state index in [1.165, 1.54) is 16.7 Å². The minimum absolute atomic E-state index is 0.262. The Morgan fingerprint density at radius 2 is 1.74 bits per heavy atom. The lowest BCUT2D eigenvalue weighted by Gasteiger charge is -2.17. The van der Waals surface area contributed by atoms with Crippen LogP contribution in [0.5, 0.6) is 0 Å². The van der Waals surface area contributed by atoms with Crippen LogP contribution < -0.4 is 0 Å². The monoisotopic (exact) mass is 316 g/mol. The van der Waals surface area contributed by atoms with Crippen molar-refractivity contribution < 1.29 is 5.11 Å². The van der Waals surface area contributed by atoms with Gasteiger partial charge in [-0.15, -0.1) is 0 Å². The van der Waals surface area contributed by atoms with E-state index in [0.717, 1.165) is 23.7 Å². The largest absolute Gasteiger partial charge is 0.392 e. The fraction of sp³-hybridized carbons (Fsp3) is 0.294. The molecule has 1 aliphatic carbocycles. The zero-order chi connectivity index (χ0) is 13.2. The predicted molar refractivity (Wildman–Crippen MR) is 81.2 cm³/mol. The fourth-order valence-electron chi connectivity index (χ4n) is 2.94. The Morgan fingerprint density at radius 1 is 1.05 bits per heavy atom. The quantitative estimate of drug-likeness (QED) is 0.914. The molecule has 0 heterocycles. The first-order valence-corrected chi connectivity index (χ1v) is 7.51. The number of hydrogen-bond donors (Lipinski definition) is 1.